The second-order valence-corrected chi connectivity index (χ2v) is 7.84. The summed E-state index contributed by atoms with van der Waals surface area (Å²) in [6, 6.07) is 10.3. The second-order valence-electron chi connectivity index (χ2n) is 7.40. The van der Waals surface area contributed by atoms with Crippen molar-refractivity contribution in [3.05, 3.63) is 29.3 Å². The maximum Gasteiger partial charge on any atom is 0.237 e. The molecule has 0 aromatic heterocycles. The molecule has 1 aromatic carbocycles. The molecule has 1 saturated carbocycles. The molecule has 0 N–H and O–H groups in total. The van der Waals surface area contributed by atoms with Crippen LogP contribution in [0.4, 0.5) is 5.69 Å². The van der Waals surface area contributed by atoms with Gasteiger partial charge in [-0.2, -0.15) is 5.26 Å². The molecule has 140 valence electrons. The van der Waals surface area contributed by atoms with Crippen LogP contribution >= 0.6 is 11.6 Å². The van der Waals surface area contributed by atoms with Crippen molar-refractivity contribution in [1.82, 2.24) is 9.80 Å². The maximum absolute atomic E-state index is 12.8. The Morgan fingerprint density at radius 1 is 1.23 bits per heavy atom. The van der Waals surface area contributed by atoms with Gasteiger partial charge in [0, 0.05) is 43.9 Å². The van der Waals surface area contributed by atoms with Gasteiger partial charge in [-0.25, -0.2) is 0 Å². The van der Waals surface area contributed by atoms with E-state index in [2.05, 4.69) is 21.9 Å². The Labute approximate surface area is 161 Å². The zero-order valence-electron chi connectivity index (χ0n) is 15.5. The van der Waals surface area contributed by atoms with Gasteiger partial charge in [0.1, 0.15) is 5.54 Å². The molecule has 0 radical (unpaired) electrons. The SMILES string of the molecule is CN(C(=O)CN1CCN(c2cccc(Cl)c2)CC1)C1(C#N)CCCCC1. The van der Waals surface area contributed by atoms with Gasteiger partial charge in [0.25, 0.3) is 0 Å². The van der Waals surface area contributed by atoms with Crippen LogP contribution in [-0.4, -0.2) is 61.0 Å². The van der Waals surface area contributed by atoms with Gasteiger partial charge in [0.15, 0.2) is 0 Å². The van der Waals surface area contributed by atoms with Gasteiger partial charge in [0.2, 0.25) is 5.91 Å². The highest BCUT2D eigenvalue weighted by Gasteiger charge is 2.39. The number of nitrogens with zero attached hydrogens (tertiary/aromatic N) is 4. The van der Waals surface area contributed by atoms with E-state index in [1.807, 2.05) is 18.2 Å². The average Bonchev–Trinajstić information content (AvgIpc) is 2.68. The highest BCUT2D eigenvalue weighted by atomic mass is 35.5. The molecule has 6 heteroatoms. The molecule has 2 aliphatic rings. The molecular weight excluding hydrogens is 348 g/mol. The molecule has 0 atom stereocenters. The summed E-state index contributed by atoms with van der Waals surface area (Å²) >= 11 is 6.08. The molecule has 0 spiro atoms. The molecule has 1 heterocycles. The van der Waals surface area contributed by atoms with E-state index in [0.29, 0.717) is 6.54 Å². The Kier molecular flexibility index (Phi) is 6.05. The van der Waals surface area contributed by atoms with E-state index in [1.165, 1.54) is 0 Å². The van der Waals surface area contributed by atoms with Gasteiger partial charge in [-0.15, -0.1) is 0 Å². The van der Waals surface area contributed by atoms with Crippen LogP contribution in [0, 0.1) is 11.3 Å². The third-order valence-electron chi connectivity index (χ3n) is 5.81. The molecule has 5 nitrogen and oxygen atoms in total. The number of anilines is 1. The standard InChI is InChI=1S/C20H27ClN4O/c1-23(20(16-22)8-3-2-4-9-20)19(26)15-24-10-12-25(13-11-24)18-7-5-6-17(21)14-18/h5-7,14H,2-4,8-13,15H2,1H3. The quantitative estimate of drug-likeness (QED) is 0.812. The van der Waals surface area contributed by atoms with Gasteiger partial charge < -0.3 is 9.80 Å². The van der Waals surface area contributed by atoms with E-state index in [1.54, 1.807) is 11.9 Å². The lowest BCUT2D eigenvalue weighted by molar-refractivity contribution is -0.136. The summed E-state index contributed by atoms with van der Waals surface area (Å²) < 4.78 is 0. The minimum Gasteiger partial charge on any atom is -0.369 e. The lowest BCUT2D eigenvalue weighted by Gasteiger charge is -2.41. The van der Waals surface area contributed by atoms with E-state index >= 15 is 0 Å². The van der Waals surface area contributed by atoms with Crippen molar-refractivity contribution in [2.45, 2.75) is 37.6 Å². The van der Waals surface area contributed by atoms with Crippen molar-refractivity contribution < 1.29 is 4.79 Å². The Morgan fingerprint density at radius 3 is 2.54 bits per heavy atom. The number of likely N-dealkylation sites (N-methyl/N-ethyl adjacent to an activating group) is 1. The lowest BCUT2D eigenvalue weighted by Crippen LogP contribution is -2.55. The van der Waals surface area contributed by atoms with E-state index < -0.39 is 5.54 Å². The van der Waals surface area contributed by atoms with Crippen LogP contribution < -0.4 is 4.90 Å². The van der Waals surface area contributed by atoms with Crippen LogP contribution in [0.25, 0.3) is 0 Å². The minimum atomic E-state index is -0.599. The Hall–Kier alpha value is -1.77. The predicted octanol–water partition coefficient (Wildman–Crippen LogP) is 3.15. The fourth-order valence-electron chi connectivity index (χ4n) is 4.03. The first-order chi connectivity index (χ1) is 12.5. The number of rotatable bonds is 4. The maximum atomic E-state index is 12.8. The summed E-state index contributed by atoms with van der Waals surface area (Å²) in [5, 5.41) is 10.4. The number of piperazine rings is 1. The number of benzene rings is 1. The zero-order valence-corrected chi connectivity index (χ0v) is 16.2. The number of carbonyl (C=O) groups excluding carboxylic acids is 1. The first kappa shape index (κ1) is 19.0. The normalized spacial score (nSPS) is 20.4. The molecule has 3 rings (SSSR count). The van der Waals surface area contributed by atoms with Crippen molar-refractivity contribution in [3.63, 3.8) is 0 Å². The summed E-state index contributed by atoms with van der Waals surface area (Å²) in [6.45, 7) is 3.82. The van der Waals surface area contributed by atoms with Crippen LogP contribution in [-0.2, 0) is 4.79 Å². The smallest absolute Gasteiger partial charge is 0.237 e. The van der Waals surface area contributed by atoms with Crippen molar-refractivity contribution in [2.24, 2.45) is 0 Å². The summed E-state index contributed by atoms with van der Waals surface area (Å²) in [7, 11) is 1.80. The minimum absolute atomic E-state index is 0.0599. The monoisotopic (exact) mass is 374 g/mol. The number of hydrogen-bond donors (Lipinski definition) is 0. The first-order valence-corrected chi connectivity index (χ1v) is 9.83. The molecule has 1 aromatic rings. The number of carbonyl (C=O) groups is 1. The number of nitriles is 1. The molecule has 1 amide bonds. The van der Waals surface area contributed by atoms with Crippen LogP contribution in [0.15, 0.2) is 24.3 Å². The predicted molar refractivity (Wildman–Crippen MR) is 104 cm³/mol. The van der Waals surface area contributed by atoms with Crippen molar-refractivity contribution >= 4 is 23.2 Å². The lowest BCUT2D eigenvalue weighted by atomic mass is 9.81. The topological polar surface area (TPSA) is 50.6 Å². The fraction of sp³-hybridized carbons (Fsp3) is 0.600. The Bertz CT molecular complexity index is 673. The largest absolute Gasteiger partial charge is 0.369 e. The van der Waals surface area contributed by atoms with E-state index in [4.69, 9.17) is 11.6 Å². The van der Waals surface area contributed by atoms with Crippen molar-refractivity contribution in [3.8, 4) is 6.07 Å². The fourth-order valence-corrected chi connectivity index (χ4v) is 4.22. The summed E-state index contributed by atoms with van der Waals surface area (Å²) in [5.41, 5.74) is 0.532. The summed E-state index contributed by atoms with van der Waals surface area (Å²) in [4.78, 5) is 19.0. The van der Waals surface area contributed by atoms with Crippen LogP contribution in [0.2, 0.25) is 5.02 Å². The highest BCUT2D eigenvalue weighted by molar-refractivity contribution is 6.30. The molecular formula is C20H27ClN4O. The van der Waals surface area contributed by atoms with E-state index in [0.717, 1.165) is 69.0 Å². The first-order valence-electron chi connectivity index (χ1n) is 9.45. The van der Waals surface area contributed by atoms with Crippen molar-refractivity contribution in [2.75, 3.05) is 44.7 Å². The molecule has 1 saturated heterocycles. The average molecular weight is 375 g/mol. The number of hydrogen-bond acceptors (Lipinski definition) is 4. The third kappa shape index (κ3) is 4.13. The number of halogens is 1. The Balaban J connectivity index is 1.54. The van der Waals surface area contributed by atoms with Gasteiger partial charge in [-0.1, -0.05) is 36.9 Å². The molecule has 1 aliphatic heterocycles. The van der Waals surface area contributed by atoms with Crippen molar-refractivity contribution in [1.29, 1.82) is 5.26 Å². The van der Waals surface area contributed by atoms with Gasteiger partial charge >= 0.3 is 0 Å². The molecule has 0 unspecified atom stereocenters. The summed E-state index contributed by atoms with van der Waals surface area (Å²) in [6.07, 6.45) is 4.83. The van der Waals surface area contributed by atoms with Crippen LogP contribution in [0.3, 0.4) is 0 Å². The summed E-state index contributed by atoms with van der Waals surface area (Å²) in [5.74, 6) is 0.0599. The molecule has 0 bridgehead atoms. The van der Waals surface area contributed by atoms with Gasteiger partial charge in [-0.05, 0) is 31.0 Å². The van der Waals surface area contributed by atoms with Crippen LogP contribution in [0.1, 0.15) is 32.1 Å². The van der Waals surface area contributed by atoms with Crippen LogP contribution in [0.5, 0.6) is 0 Å². The zero-order chi connectivity index (χ0) is 18.6. The third-order valence-corrected chi connectivity index (χ3v) is 6.04. The molecule has 1 aliphatic carbocycles. The number of amides is 1. The van der Waals surface area contributed by atoms with Gasteiger partial charge in [-0.3, -0.25) is 9.69 Å². The Morgan fingerprint density at radius 2 is 1.92 bits per heavy atom. The van der Waals surface area contributed by atoms with E-state index in [9.17, 15) is 10.1 Å². The second kappa shape index (κ2) is 8.28. The highest BCUT2D eigenvalue weighted by Crippen LogP contribution is 2.32. The van der Waals surface area contributed by atoms with E-state index in [-0.39, 0.29) is 5.91 Å². The molecule has 26 heavy (non-hydrogen) atoms. The molecule has 2 fully saturated rings. The van der Waals surface area contributed by atoms with Gasteiger partial charge in [0.05, 0.1) is 12.6 Å².